The number of oxazole rings is 1. The SMILES string of the molecule is [O-]c1oc[n+](-c2ccccc2N=P(c2ccccc2)(c2ccccc2)c2ccccc2)c1Cl. The van der Waals surface area contributed by atoms with E-state index in [4.69, 9.17) is 20.8 Å². The first-order valence-corrected chi connectivity index (χ1v) is 12.6. The van der Waals surface area contributed by atoms with Crippen molar-refractivity contribution in [2.75, 3.05) is 0 Å². The topological polar surface area (TPSA) is 52.4 Å². The van der Waals surface area contributed by atoms with E-state index in [1.165, 1.54) is 6.39 Å². The predicted molar refractivity (Wildman–Crippen MR) is 132 cm³/mol. The maximum atomic E-state index is 11.9. The minimum atomic E-state index is -2.47. The number of hydrogen-bond acceptors (Lipinski definition) is 3. The molecule has 6 heteroatoms. The van der Waals surface area contributed by atoms with Crippen molar-refractivity contribution in [2.45, 2.75) is 0 Å². The highest BCUT2D eigenvalue weighted by Gasteiger charge is 2.29. The minimum absolute atomic E-state index is 0.0132. The zero-order chi connectivity index (χ0) is 22.7. The van der Waals surface area contributed by atoms with E-state index in [2.05, 4.69) is 36.4 Å². The van der Waals surface area contributed by atoms with Crippen LogP contribution in [0.5, 0.6) is 5.95 Å². The van der Waals surface area contributed by atoms with Gasteiger partial charge in [-0.1, -0.05) is 103 Å². The minimum Gasteiger partial charge on any atom is -0.539 e. The molecule has 0 N–H and O–H groups in total. The summed E-state index contributed by atoms with van der Waals surface area (Å²) in [6, 6.07) is 38.8. The molecule has 0 radical (unpaired) electrons. The third kappa shape index (κ3) is 3.89. The van der Waals surface area contributed by atoms with Crippen molar-refractivity contribution in [3.8, 4) is 11.6 Å². The third-order valence-electron chi connectivity index (χ3n) is 5.43. The molecule has 4 nitrogen and oxygen atoms in total. The summed E-state index contributed by atoms with van der Waals surface area (Å²) in [6.07, 6.45) is 1.33. The van der Waals surface area contributed by atoms with Gasteiger partial charge in [-0.05, 0) is 17.7 Å². The summed E-state index contributed by atoms with van der Waals surface area (Å²) in [5, 5.41) is 15.3. The van der Waals surface area contributed by atoms with Gasteiger partial charge in [-0.15, -0.1) is 4.57 Å². The Balaban J connectivity index is 1.91. The van der Waals surface area contributed by atoms with Crippen molar-refractivity contribution < 1.29 is 14.1 Å². The van der Waals surface area contributed by atoms with Gasteiger partial charge in [0.15, 0.2) is 0 Å². The molecule has 1 heterocycles. The highest BCUT2D eigenvalue weighted by molar-refractivity contribution is 7.87. The summed E-state index contributed by atoms with van der Waals surface area (Å²) in [5.41, 5.74) is 1.40. The van der Waals surface area contributed by atoms with Crippen LogP contribution in [0.3, 0.4) is 0 Å². The summed E-state index contributed by atoms with van der Waals surface area (Å²) in [6.45, 7) is 0. The fourth-order valence-corrected chi connectivity index (χ4v) is 7.64. The van der Waals surface area contributed by atoms with E-state index in [0.717, 1.165) is 21.6 Å². The average Bonchev–Trinajstić information content (AvgIpc) is 3.22. The van der Waals surface area contributed by atoms with Gasteiger partial charge in [0.2, 0.25) is 12.1 Å². The number of para-hydroxylation sites is 1. The van der Waals surface area contributed by atoms with Crippen molar-refractivity contribution in [3.05, 3.63) is 127 Å². The van der Waals surface area contributed by atoms with Gasteiger partial charge in [-0.25, -0.2) is 4.74 Å². The predicted octanol–water partition coefficient (Wildman–Crippen LogP) is 5.09. The zero-order valence-electron chi connectivity index (χ0n) is 17.6. The number of rotatable bonds is 5. The van der Waals surface area contributed by atoms with Gasteiger partial charge in [-0.3, -0.25) is 0 Å². The monoisotopic (exact) mass is 470 g/mol. The summed E-state index contributed by atoms with van der Waals surface area (Å²) < 4.78 is 12.1. The molecular weight excluding hydrogens is 451 g/mol. The summed E-state index contributed by atoms with van der Waals surface area (Å²) >= 11 is 6.26. The Morgan fingerprint density at radius 2 is 1.12 bits per heavy atom. The smallest absolute Gasteiger partial charge is 0.304 e. The van der Waals surface area contributed by atoms with Gasteiger partial charge in [0.25, 0.3) is 0 Å². The van der Waals surface area contributed by atoms with Crippen molar-refractivity contribution in [3.63, 3.8) is 0 Å². The lowest BCUT2D eigenvalue weighted by Gasteiger charge is -2.27. The second-order valence-corrected chi connectivity index (χ2v) is 10.8. The number of aromatic nitrogens is 1. The third-order valence-corrected chi connectivity index (χ3v) is 9.42. The van der Waals surface area contributed by atoms with Crippen LogP contribution in [0.25, 0.3) is 5.69 Å². The van der Waals surface area contributed by atoms with Crippen LogP contribution in [0, 0.1) is 0 Å². The normalized spacial score (nSPS) is 11.3. The molecule has 4 aromatic carbocycles. The van der Waals surface area contributed by atoms with Crippen LogP contribution in [-0.4, -0.2) is 0 Å². The van der Waals surface area contributed by atoms with Crippen molar-refractivity contribution in [2.24, 2.45) is 4.74 Å². The average molecular weight is 471 g/mol. The lowest BCUT2D eigenvalue weighted by atomic mass is 10.3. The number of benzene rings is 4. The molecule has 0 unspecified atom stereocenters. The molecule has 162 valence electrons. The largest absolute Gasteiger partial charge is 0.539 e. The quantitative estimate of drug-likeness (QED) is 0.265. The van der Waals surface area contributed by atoms with E-state index >= 15 is 0 Å². The molecule has 0 amide bonds. The van der Waals surface area contributed by atoms with Crippen LogP contribution < -0.4 is 25.6 Å². The Morgan fingerprint density at radius 1 is 0.667 bits per heavy atom. The van der Waals surface area contributed by atoms with Crippen LogP contribution in [0.4, 0.5) is 5.69 Å². The van der Waals surface area contributed by atoms with Crippen LogP contribution in [0.2, 0.25) is 5.15 Å². The fourth-order valence-electron chi connectivity index (χ4n) is 3.92. The molecular formula is C27H20ClN2O2P. The van der Waals surface area contributed by atoms with Crippen LogP contribution in [0.15, 0.2) is 131 Å². The maximum absolute atomic E-state index is 11.9. The molecule has 0 bridgehead atoms. The number of halogens is 1. The standard InChI is InChI=1S/C27H20ClN2O2P/c28-26-27(31)32-20-30(26)25-19-11-10-18-24(25)29-33(21-12-4-1-5-13-21,22-14-6-2-7-15-22)23-16-8-3-9-17-23/h1-20H. The Morgan fingerprint density at radius 3 is 1.58 bits per heavy atom. The molecule has 0 aliphatic heterocycles. The Kier molecular flexibility index (Phi) is 5.87. The van der Waals surface area contributed by atoms with E-state index in [-0.39, 0.29) is 5.15 Å². The zero-order valence-corrected chi connectivity index (χ0v) is 19.2. The molecule has 5 aromatic rings. The van der Waals surface area contributed by atoms with Gasteiger partial charge >= 0.3 is 5.15 Å². The first-order valence-electron chi connectivity index (χ1n) is 10.4. The summed E-state index contributed by atoms with van der Waals surface area (Å²) in [4.78, 5) is 0. The van der Waals surface area contributed by atoms with Crippen LogP contribution in [0.1, 0.15) is 0 Å². The molecule has 0 saturated heterocycles. The summed E-state index contributed by atoms with van der Waals surface area (Å²) in [7, 11) is -2.47. The molecule has 0 aliphatic carbocycles. The first kappa shape index (κ1) is 21.3. The van der Waals surface area contributed by atoms with Gasteiger partial charge < -0.3 is 9.52 Å². The molecule has 33 heavy (non-hydrogen) atoms. The van der Waals surface area contributed by atoms with E-state index < -0.39 is 13.0 Å². The molecule has 0 atom stereocenters. The Hall–Kier alpha value is -3.59. The molecule has 0 saturated carbocycles. The molecule has 1 aromatic heterocycles. The number of hydrogen-bond donors (Lipinski definition) is 0. The molecule has 5 rings (SSSR count). The van der Waals surface area contributed by atoms with E-state index in [1.54, 1.807) is 4.57 Å². The molecule has 0 spiro atoms. The highest BCUT2D eigenvalue weighted by Crippen LogP contribution is 2.49. The van der Waals surface area contributed by atoms with Crippen molar-refractivity contribution in [1.29, 1.82) is 0 Å². The van der Waals surface area contributed by atoms with Gasteiger partial charge in [-0.2, -0.15) is 0 Å². The van der Waals surface area contributed by atoms with Crippen LogP contribution >= 0.6 is 18.7 Å². The molecule has 0 fully saturated rings. The van der Waals surface area contributed by atoms with Crippen molar-refractivity contribution in [1.82, 2.24) is 0 Å². The van der Waals surface area contributed by atoms with Crippen molar-refractivity contribution >= 4 is 40.3 Å². The Labute approximate surface area is 197 Å². The fraction of sp³-hybridized carbons (Fsp3) is 0. The second kappa shape index (κ2) is 9.11. The van der Waals surface area contributed by atoms with Gasteiger partial charge in [0, 0.05) is 22.0 Å². The maximum Gasteiger partial charge on any atom is 0.304 e. The van der Waals surface area contributed by atoms with Crippen LogP contribution in [-0.2, 0) is 0 Å². The van der Waals surface area contributed by atoms with Gasteiger partial charge in [0.1, 0.15) is 11.6 Å². The second-order valence-electron chi connectivity index (χ2n) is 7.40. The lowest BCUT2D eigenvalue weighted by Crippen LogP contribution is -2.29. The number of nitrogens with zero attached hydrogens (tertiary/aromatic N) is 2. The van der Waals surface area contributed by atoms with E-state index in [1.807, 2.05) is 78.9 Å². The Bertz CT molecular complexity index is 1330. The first-order chi connectivity index (χ1) is 16.2. The summed E-state index contributed by atoms with van der Waals surface area (Å²) in [5.74, 6) is -0.582. The van der Waals surface area contributed by atoms with E-state index in [0.29, 0.717) is 5.69 Å². The lowest BCUT2D eigenvalue weighted by molar-refractivity contribution is -0.597. The van der Waals surface area contributed by atoms with E-state index in [9.17, 15) is 5.11 Å². The van der Waals surface area contributed by atoms with Gasteiger partial charge in [0.05, 0.1) is 7.05 Å². The highest BCUT2D eigenvalue weighted by atomic mass is 35.5. The molecule has 0 aliphatic rings.